The molecule has 0 saturated carbocycles. The Balaban J connectivity index is 1.82. The van der Waals surface area contributed by atoms with Crippen molar-refractivity contribution in [3.63, 3.8) is 0 Å². The van der Waals surface area contributed by atoms with Crippen LogP contribution in [0.25, 0.3) is 0 Å². The minimum Gasteiger partial charge on any atom is -0.284 e. The Bertz CT molecular complexity index is 621. The lowest BCUT2D eigenvalue weighted by molar-refractivity contribution is 0.309. The van der Waals surface area contributed by atoms with Crippen LogP contribution in [0, 0.1) is 0 Å². The van der Waals surface area contributed by atoms with Gasteiger partial charge >= 0.3 is 0 Å². The van der Waals surface area contributed by atoms with Crippen molar-refractivity contribution in [2.75, 3.05) is 13.1 Å². The first kappa shape index (κ1) is 12.3. The van der Waals surface area contributed by atoms with E-state index in [1.54, 1.807) is 0 Å². The van der Waals surface area contributed by atoms with Crippen LogP contribution in [0.3, 0.4) is 0 Å². The Morgan fingerprint density at radius 2 is 2.26 bits per heavy atom. The van der Waals surface area contributed by atoms with Crippen molar-refractivity contribution in [2.45, 2.75) is 23.7 Å². The van der Waals surface area contributed by atoms with Gasteiger partial charge in [0.1, 0.15) is 17.0 Å². The molecule has 0 aromatic carbocycles. The molecule has 0 amide bonds. The zero-order chi connectivity index (χ0) is 13.3. The summed E-state index contributed by atoms with van der Waals surface area (Å²) in [6.07, 6.45) is 5.88. The van der Waals surface area contributed by atoms with E-state index in [2.05, 4.69) is 25.4 Å². The molecule has 3 rings (SSSR count). The molecule has 1 aliphatic heterocycles. The average Bonchev–Trinajstić information content (AvgIpc) is 3.12. The van der Waals surface area contributed by atoms with Gasteiger partial charge in [-0.3, -0.25) is 10.2 Å². The predicted molar refractivity (Wildman–Crippen MR) is 65.7 cm³/mol. The van der Waals surface area contributed by atoms with E-state index in [1.807, 2.05) is 0 Å². The third-order valence-electron chi connectivity index (χ3n) is 3.32. The topological polar surface area (TPSA) is 108 Å². The van der Waals surface area contributed by atoms with Crippen LogP contribution in [0.15, 0.2) is 23.6 Å². The largest absolute Gasteiger partial charge is 0.284 e. The summed E-state index contributed by atoms with van der Waals surface area (Å²) >= 11 is 0. The smallest absolute Gasteiger partial charge is 0.246 e. The Morgan fingerprint density at radius 1 is 1.37 bits per heavy atom. The van der Waals surface area contributed by atoms with Crippen molar-refractivity contribution in [2.24, 2.45) is 0 Å². The number of aromatic nitrogens is 5. The first-order valence-electron chi connectivity index (χ1n) is 6.02. The van der Waals surface area contributed by atoms with Crippen LogP contribution in [-0.2, 0) is 10.0 Å². The molecule has 1 fully saturated rings. The summed E-state index contributed by atoms with van der Waals surface area (Å²) in [5, 5.41) is 12.9. The van der Waals surface area contributed by atoms with Crippen molar-refractivity contribution in [1.82, 2.24) is 29.7 Å². The van der Waals surface area contributed by atoms with Gasteiger partial charge in [0.2, 0.25) is 10.0 Å². The number of sulfonamides is 1. The molecule has 1 atom stereocenters. The molecule has 3 heterocycles. The number of rotatable bonds is 3. The summed E-state index contributed by atoms with van der Waals surface area (Å²) in [6, 6.07) is 0. The van der Waals surface area contributed by atoms with Crippen LogP contribution in [0.5, 0.6) is 0 Å². The third kappa shape index (κ3) is 2.26. The molecule has 2 aromatic heterocycles. The third-order valence-corrected chi connectivity index (χ3v) is 5.15. The van der Waals surface area contributed by atoms with Gasteiger partial charge in [-0.25, -0.2) is 13.4 Å². The summed E-state index contributed by atoms with van der Waals surface area (Å²) < 4.78 is 26.2. The van der Waals surface area contributed by atoms with Gasteiger partial charge < -0.3 is 0 Å². The maximum absolute atomic E-state index is 12.4. The SMILES string of the molecule is O=S(=O)(c1cn[nH]c1)N1CCC[C@H](c2ncn[nH]2)C1. The van der Waals surface area contributed by atoms with E-state index >= 15 is 0 Å². The molecular formula is C10H14N6O2S. The van der Waals surface area contributed by atoms with Gasteiger partial charge in [-0.2, -0.15) is 14.5 Å². The second kappa shape index (κ2) is 4.74. The summed E-state index contributed by atoms with van der Waals surface area (Å²) in [5.74, 6) is 0.810. The highest BCUT2D eigenvalue weighted by Crippen LogP contribution is 2.27. The number of nitrogens with one attached hydrogen (secondary N) is 2. The molecule has 2 aromatic rings. The number of nitrogens with zero attached hydrogens (tertiary/aromatic N) is 4. The molecule has 0 unspecified atom stereocenters. The van der Waals surface area contributed by atoms with Crippen LogP contribution >= 0.6 is 0 Å². The van der Waals surface area contributed by atoms with Gasteiger partial charge in [0, 0.05) is 25.2 Å². The normalized spacial score (nSPS) is 21.6. The molecule has 0 radical (unpaired) electrons. The first-order valence-corrected chi connectivity index (χ1v) is 7.46. The van der Waals surface area contributed by atoms with E-state index in [9.17, 15) is 8.42 Å². The van der Waals surface area contributed by atoms with Gasteiger partial charge in [0.15, 0.2) is 0 Å². The summed E-state index contributed by atoms with van der Waals surface area (Å²) in [5.41, 5.74) is 0. The van der Waals surface area contributed by atoms with Crippen LogP contribution in [-0.4, -0.2) is 51.2 Å². The number of hydrogen-bond acceptors (Lipinski definition) is 5. The van der Waals surface area contributed by atoms with Crippen LogP contribution in [0.2, 0.25) is 0 Å². The summed E-state index contributed by atoms with van der Waals surface area (Å²) in [6.45, 7) is 0.945. The van der Waals surface area contributed by atoms with Gasteiger partial charge in [-0.05, 0) is 12.8 Å². The van der Waals surface area contributed by atoms with Crippen LogP contribution in [0.1, 0.15) is 24.6 Å². The van der Waals surface area contributed by atoms with Gasteiger partial charge in [-0.15, -0.1) is 0 Å². The quantitative estimate of drug-likeness (QED) is 0.830. The Kier molecular flexibility index (Phi) is 3.07. The fourth-order valence-corrected chi connectivity index (χ4v) is 3.76. The minimum atomic E-state index is -3.47. The van der Waals surface area contributed by atoms with E-state index in [1.165, 1.54) is 23.0 Å². The average molecular weight is 282 g/mol. The standard InChI is InChI=1S/C10H14N6O2S/c17-19(18,9-4-12-13-5-9)16-3-1-2-8(6-16)10-11-7-14-15-10/h4-5,7-8H,1-3,6H2,(H,12,13)(H,11,14,15)/t8-/m0/s1. The summed E-state index contributed by atoms with van der Waals surface area (Å²) in [4.78, 5) is 4.31. The van der Waals surface area contributed by atoms with Crippen molar-refractivity contribution in [3.8, 4) is 0 Å². The second-order valence-corrected chi connectivity index (χ2v) is 6.44. The molecule has 2 N–H and O–H groups in total. The lowest BCUT2D eigenvalue weighted by Gasteiger charge is -2.30. The van der Waals surface area contributed by atoms with Gasteiger partial charge in [0.25, 0.3) is 0 Å². The molecule has 0 spiro atoms. The van der Waals surface area contributed by atoms with E-state index in [0.29, 0.717) is 13.1 Å². The van der Waals surface area contributed by atoms with Gasteiger partial charge in [-0.1, -0.05) is 0 Å². The zero-order valence-electron chi connectivity index (χ0n) is 10.2. The molecule has 1 saturated heterocycles. The Hall–Kier alpha value is -1.74. The maximum atomic E-state index is 12.4. The monoisotopic (exact) mass is 282 g/mol. The lowest BCUT2D eigenvalue weighted by Crippen LogP contribution is -2.39. The van der Waals surface area contributed by atoms with Crippen molar-refractivity contribution in [3.05, 3.63) is 24.5 Å². The second-order valence-electron chi connectivity index (χ2n) is 4.51. The molecule has 0 bridgehead atoms. The number of aromatic amines is 2. The Morgan fingerprint density at radius 3 is 2.95 bits per heavy atom. The minimum absolute atomic E-state index is 0.0675. The van der Waals surface area contributed by atoms with Crippen molar-refractivity contribution in [1.29, 1.82) is 0 Å². The van der Waals surface area contributed by atoms with Crippen LogP contribution in [0.4, 0.5) is 0 Å². The fraction of sp³-hybridized carbons (Fsp3) is 0.500. The maximum Gasteiger partial charge on any atom is 0.246 e. The van der Waals surface area contributed by atoms with Crippen molar-refractivity contribution >= 4 is 10.0 Å². The van der Waals surface area contributed by atoms with Crippen LogP contribution < -0.4 is 0 Å². The molecule has 8 nitrogen and oxygen atoms in total. The van der Waals surface area contributed by atoms with E-state index in [0.717, 1.165) is 18.7 Å². The van der Waals surface area contributed by atoms with E-state index in [4.69, 9.17) is 0 Å². The highest BCUT2D eigenvalue weighted by atomic mass is 32.2. The molecule has 19 heavy (non-hydrogen) atoms. The molecular weight excluding hydrogens is 268 g/mol. The fourth-order valence-electron chi connectivity index (χ4n) is 2.32. The zero-order valence-corrected chi connectivity index (χ0v) is 11.0. The highest BCUT2D eigenvalue weighted by molar-refractivity contribution is 7.89. The molecule has 1 aliphatic rings. The Labute approximate surface area is 110 Å². The number of H-pyrrole nitrogens is 2. The predicted octanol–water partition coefficient (Wildman–Crippen LogP) is 0.0961. The van der Waals surface area contributed by atoms with Gasteiger partial charge in [0.05, 0.1) is 6.20 Å². The lowest BCUT2D eigenvalue weighted by atomic mass is 9.99. The van der Waals surface area contributed by atoms with E-state index < -0.39 is 10.0 Å². The van der Waals surface area contributed by atoms with Crippen molar-refractivity contribution < 1.29 is 8.42 Å². The highest BCUT2D eigenvalue weighted by Gasteiger charge is 2.32. The molecule has 0 aliphatic carbocycles. The number of piperidine rings is 1. The summed E-state index contributed by atoms with van der Waals surface area (Å²) in [7, 11) is -3.47. The van der Waals surface area contributed by atoms with E-state index in [-0.39, 0.29) is 10.8 Å². The molecule has 102 valence electrons. The number of hydrogen-bond donors (Lipinski definition) is 2. The molecule has 9 heteroatoms. The first-order chi connectivity index (χ1) is 9.18.